The van der Waals surface area contributed by atoms with E-state index in [2.05, 4.69) is 5.10 Å². The van der Waals surface area contributed by atoms with Crippen molar-refractivity contribution in [3.05, 3.63) is 47.0 Å². The zero-order valence-electron chi connectivity index (χ0n) is 11.7. The highest BCUT2D eigenvalue weighted by molar-refractivity contribution is 7.20. The zero-order chi connectivity index (χ0) is 14.8. The third-order valence-corrected chi connectivity index (χ3v) is 4.25. The van der Waals surface area contributed by atoms with Crippen molar-refractivity contribution in [3.8, 4) is 5.75 Å². The molecule has 0 aliphatic carbocycles. The molecule has 5 nitrogen and oxygen atoms in total. The van der Waals surface area contributed by atoms with E-state index in [4.69, 9.17) is 9.47 Å². The van der Waals surface area contributed by atoms with Crippen LogP contribution in [0.3, 0.4) is 0 Å². The summed E-state index contributed by atoms with van der Waals surface area (Å²) in [7, 11) is 3.03. The highest BCUT2D eigenvalue weighted by atomic mass is 32.1. The van der Waals surface area contributed by atoms with E-state index in [1.807, 2.05) is 35.0 Å². The minimum Gasteiger partial charge on any atom is -0.497 e. The molecule has 0 unspecified atom stereocenters. The van der Waals surface area contributed by atoms with Crippen LogP contribution in [0.2, 0.25) is 0 Å². The summed E-state index contributed by atoms with van der Waals surface area (Å²) in [6.45, 7) is 0.644. The summed E-state index contributed by atoms with van der Waals surface area (Å²) >= 11 is 1.39. The Morgan fingerprint density at radius 1 is 1.29 bits per heavy atom. The van der Waals surface area contributed by atoms with E-state index in [0.29, 0.717) is 11.4 Å². The lowest BCUT2D eigenvalue weighted by Crippen LogP contribution is -2.01. The molecule has 0 N–H and O–H groups in total. The number of hydrogen-bond donors (Lipinski definition) is 0. The minimum absolute atomic E-state index is 0.313. The van der Waals surface area contributed by atoms with Crippen LogP contribution in [0.1, 0.15) is 15.2 Å². The van der Waals surface area contributed by atoms with Crippen LogP contribution in [0.25, 0.3) is 10.2 Å². The molecule has 3 aromatic rings. The largest absolute Gasteiger partial charge is 0.497 e. The third kappa shape index (κ3) is 2.62. The molecule has 0 aliphatic heterocycles. The number of esters is 1. The summed E-state index contributed by atoms with van der Waals surface area (Å²) in [6.07, 6.45) is 1.77. The molecule has 1 aromatic carbocycles. The van der Waals surface area contributed by atoms with Gasteiger partial charge in [-0.25, -0.2) is 4.79 Å². The fourth-order valence-electron chi connectivity index (χ4n) is 2.11. The Hall–Kier alpha value is -2.34. The summed E-state index contributed by atoms with van der Waals surface area (Å²) in [4.78, 5) is 12.2. The number of methoxy groups -OCH3 is 2. The minimum atomic E-state index is -0.313. The molecule has 2 heterocycles. The highest BCUT2D eigenvalue weighted by Crippen LogP contribution is 2.26. The van der Waals surface area contributed by atoms with E-state index in [9.17, 15) is 4.79 Å². The Morgan fingerprint density at radius 3 is 2.71 bits per heavy atom. The Bertz CT molecular complexity index is 774. The second kappa shape index (κ2) is 5.57. The van der Waals surface area contributed by atoms with E-state index < -0.39 is 0 Å². The maximum atomic E-state index is 11.6. The highest BCUT2D eigenvalue weighted by Gasteiger charge is 2.14. The molecule has 3 rings (SSSR count). The molecule has 0 bridgehead atoms. The molecule has 21 heavy (non-hydrogen) atoms. The fourth-order valence-corrected chi connectivity index (χ4v) is 3.05. The van der Waals surface area contributed by atoms with Gasteiger partial charge >= 0.3 is 5.97 Å². The monoisotopic (exact) mass is 302 g/mol. The van der Waals surface area contributed by atoms with E-state index in [-0.39, 0.29) is 5.97 Å². The van der Waals surface area contributed by atoms with Crippen molar-refractivity contribution in [1.82, 2.24) is 9.78 Å². The normalized spacial score (nSPS) is 10.8. The molecule has 0 saturated heterocycles. The summed E-state index contributed by atoms with van der Waals surface area (Å²) in [5.41, 5.74) is 2.06. The van der Waals surface area contributed by atoms with Crippen molar-refractivity contribution in [1.29, 1.82) is 0 Å². The van der Waals surface area contributed by atoms with Crippen LogP contribution in [0, 0.1) is 0 Å². The first kappa shape index (κ1) is 13.6. The number of rotatable bonds is 4. The van der Waals surface area contributed by atoms with Gasteiger partial charge in [-0.05, 0) is 23.8 Å². The predicted molar refractivity (Wildman–Crippen MR) is 81.0 cm³/mol. The summed E-state index contributed by atoms with van der Waals surface area (Å²) < 4.78 is 12.7. The maximum Gasteiger partial charge on any atom is 0.348 e. The van der Waals surface area contributed by atoms with Gasteiger partial charge in [-0.3, -0.25) is 4.68 Å². The molecule has 2 aromatic heterocycles. The number of nitrogens with zero attached hydrogens (tertiary/aromatic N) is 2. The van der Waals surface area contributed by atoms with Gasteiger partial charge in [-0.15, -0.1) is 11.3 Å². The first-order valence-corrected chi connectivity index (χ1v) is 7.19. The molecule has 0 fully saturated rings. The van der Waals surface area contributed by atoms with Gasteiger partial charge in [-0.1, -0.05) is 12.1 Å². The van der Waals surface area contributed by atoms with Crippen molar-refractivity contribution >= 4 is 27.5 Å². The Morgan fingerprint density at radius 2 is 2.05 bits per heavy atom. The van der Waals surface area contributed by atoms with E-state index in [1.165, 1.54) is 18.4 Å². The maximum absolute atomic E-state index is 11.6. The van der Waals surface area contributed by atoms with Crippen molar-refractivity contribution in [2.75, 3.05) is 14.2 Å². The summed E-state index contributed by atoms with van der Waals surface area (Å²) in [5, 5.41) is 4.36. The molecule has 108 valence electrons. The van der Waals surface area contributed by atoms with Crippen LogP contribution in [-0.4, -0.2) is 30.0 Å². The second-order valence-corrected chi connectivity index (χ2v) is 5.59. The number of thiophene rings is 1. The van der Waals surface area contributed by atoms with Gasteiger partial charge in [0.25, 0.3) is 0 Å². The summed E-state index contributed by atoms with van der Waals surface area (Å²) in [5.74, 6) is 0.514. The molecule has 0 aliphatic rings. The predicted octanol–water partition coefficient (Wildman–Crippen LogP) is 2.94. The molecule has 0 radical (unpaired) electrons. The second-order valence-electron chi connectivity index (χ2n) is 4.50. The van der Waals surface area contributed by atoms with Gasteiger partial charge in [-0.2, -0.15) is 5.10 Å². The van der Waals surface area contributed by atoms with Crippen LogP contribution in [0.5, 0.6) is 5.75 Å². The Balaban J connectivity index is 1.89. The van der Waals surface area contributed by atoms with E-state index in [1.54, 1.807) is 13.3 Å². The number of carbonyl (C=O) groups is 1. The first-order chi connectivity index (χ1) is 10.2. The number of benzene rings is 1. The SMILES string of the molecule is COC(=O)c1cc2c(cnn2Cc2ccc(OC)cc2)s1. The molecule has 0 atom stereocenters. The molecule has 0 saturated carbocycles. The van der Waals surface area contributed by atoms with Crippen LogP contribution < -0.4 is 4.74 Å². The number of ether oxygens (including phenoxy) is 2. The van der Waals surface area contributed by atoms with Gasteiger partial charge in [0, 0.05) is 0 Å². The van der Waals surface area contributed by atoms with Gasteiger partial charge < -0.3 is 9.47 Å². The van der Waals surface area contributed by atoms with Gasteiger partial charge in [0.05, 0.1) is 37.2 Å². The molecular weight excluding hydrogens is 288 g/mol. The van der Waals surface area contributed by atoms with Crippen molar-refractivity contribution in [2.24, 2.45) is 0 Å². The molecule has 0 spiro atoms. The van der Waals surface area contributed by atoms with Crippen molar-refractivity contribution in [2.45, 2.75) is 6.54 Å². The fraction of sp³-hybridized carbons (Fsp3) is 0.200. The van der Waals surface area contributed by atoms with Crippen molar-refractivity contribution < 1.29 is 14.3 Å². The lowest BCUT2D eigenvalue weighted by atomic mass is 10.2. The van der Waals surface area contributed by atoms with Crippen LogP contribution in [0.4, 0.5) is 0 Å². The Labute approximate surface area is 125 Å². The number of carbonyl (C=O) groups excluding carboxylic acids is 1. The van der Waals surface area contributed by atoms with Crippen molar-refractivity contribution in [3.63, 3.8) is 0 Å². The quantitative estimate of drug-likeness (QED) is 0.695. The summed E-state index contributed by atoms with van der Waals surface area (Å²) in [6, 6.07) is 9.66. The zero-order valence-corrected chi connectivity index (χ0v) is 12.5. The van der Waals surface area contributed by atoms with Crippen LogP contribution in [-0.2, 0) is 11.3 Å². The Kier molecular flexibility index (Phi) is 3.62. The third-order valence-electron chi connectivity index (χ3n) is 3.21. The lowest BCUT2D eigenvalue weighted by molar-refractivity contribution is 0.0606. The average Bonchev–Trinajstić information content (AvgIpc) is 3.09. The van der Waals surface area contributed by atoms with Gasteiger partial charge in [0.1, 0.15) is 10.6 Å². The standard InChI is InChI=1S/C15H14N2O3S/c1-19-11-5-3-10(4-6-11)9-17-12-7-13(15(18)20-2)21-14(12)8-16-17/h3-8H,9H2,1-2H3. The van der Waals surface area contributed by atoms with Crippen LogP contribution in [0.15, 0.2) is 36.5 Å². The molecular formula is C15H14N2O3S. The van der Waals surface area contributed by atoms with E-state index >= 15 is 0 Å². The molecule has 0 amide bonds. The van der Waals surface area contributed by atoms with Gasteiger partial charge in [0.2, 0.25) is 0 Å². The molecule has 6 heteroatoms. The average molecular weight is 302 g/mol. The number of hydrogen-bond acceptors (Lipinski definition) is 5. The lowest BCUT2D eigenvalue weighted by Gasteiger charge is -2.04. The number of aromatic nitrogens is 2. The van der Waals surface area contributed by atoms with E-state index in [0.717, 1.165) is 21.5 Å². The van der Waals surface area contributed by atoms with Gasteiger partial charge in [0.15, 0.2) is 0 Å². The van der Waals surface area contributed by atoms with Crippen LogP contribution >= 0.6 is 11.3 Å². The first-order valence-electron chi connectivity index (χ1n) is 6.38. The smallest absolute Gasteiger partial charge is 0.348 e. The number of fused-ring (bicyclic) bond motifs is 1. The topological polar surface area (TPSA) is 53.3 Å².